The molecule has 1 atom stereocenters. The van der Waals surface area contributed by atoms with Crippen LogP contribution in [0.15, 0.2) is 48.5 Å². The van der Waals surface area contributed by atoms with E-state index < -0.39 is 0 Å². The number of piperidine rings is 1. The van der Waals surface area contributed by atoms with E-state index in [0.717, 1.165) is 19.3 Å². The van der Waals surface area contributed by atoms with Crippen molar-refractivity contribution in [2.45, 2.75) is 37.0 Å². The largest absolute Gasteiger partial charge is 0.359 e. The number of hydrogen-bond acceptors (Lipinski definition) is 2. The summed E-state index contributed by atoms with van der Waals surface area (Å²) in [6, 6.07) is 14.2. The number of halogens is 1. The zero-order chi connectivity index (χ0) is 19.7. The van der Waals surface area contributed by atoms with Gasteiger partial charge in [0.25, 0.3) is 5.91 Å². The minimum Gasteiger partial charge on any atom is -0.359 e. The van der Waals surface area contributed by atoms with Crippen LogP contribution in [0.1, 0.15) is 53.1 Å². The molecule has 4 rings (SSSR count). The smallest absolute Gasteiger partial charge is 0.253 e. The molecule has 0 saturated carbocycles. The van der Waals surface area contributed by atoms with Crippen molar-refractivity contribution in [1.29, 1.82) is 0 Å². The molecule has 0 aromatic heterocycles. The highest BCUT2D eigenvalue weighted by Crippen LogP contribution is 2.52. The average molecular weight is 380 g/mol. The fraction of sp³-hybridized carbons (Fsp3) is 0.391. The summed E-state index contributed by atoms with van der Waals surface area (Å²) in [6.45, 7) is 1.36. The monoisotopic (exact) mass is 380 g/mol. The molecule has 5 heteroatoms. The number of fused-ring (bicyclic) bond motifs is 2. The molecule has 2 aromatic carbocycles. The van der Waals surface area contributed by atoms with Gasteiger partial charge in [0.1, 0.15) is 5.82 Å². The van der Waals surface area contributed by atoms with Gasteiger partial charge in [0.05, 0.1) is 0 Å². The van der Waals surface area contributed by atoms with E-state index in [2.05, 4.69) is 23.5 Å². The standard InChI is InChI=1S/C23H25FN2O2/c1-25-21(27)14-17-15-23(20-5-3-2-4-19(17)20)10-12-26(13-11-23)22(28)16-6-8-18(24)9-7-16/h2-9,17H,10-15H2,1H3,(H,25,27)/t17-/m0/s1. The lowest BCUT2D eigenvalue weighted by Crippen LogP contribution is -2.44. The number of carbonyl (C=O) groups excluding carboxylic acids is 2. The van der Waals surface area contributed by atoms with Gasteiger partial charge < -0.3 is 10.2 Å². The van der Waals surface area contributed by atoms with E-state index in [1.807, 2.05) is 11.0 Å². The zero-order valence-corrected chi connectivity index (χ0v) is 16.1. The van der Waals surface area contributed by atoms with Crippen molar-refractivity contribution < 1.29 is 14.0 Å². The van der Waals surface area contributed by atoms with Crippen molar-refractivity contribution in [2.24, 2.45) is 0 Å². The van der Waals surface area contributed by atoms with Gasteiger partial charge in [-0.05, 0) is 66.0 Å². The first-order valence-electron chi connectivity index (χ1n) is 9.87. The molecule has 1 fully saturated rings. The summed E-state index contributed by atoms with van der Waals surface area (Å²) in [7, 11) is 1.68. The van der Waals surface area contributed by atoms with Crippen LogP contribution in [-0.2, 0) is 10.2 Å². The summed E-state index contributed by atoms with van der Waals surface area (Å²) in [6.07, 6.45) is 3.24. The molecule has 1 aliphatic carbocycles. The second-order valence-electron chi connectivity index (χ2n) is 7.95. The molecular weight excluding hydrogens is 355 g/mol. The van der Waals surface area contributed by atoms with Gasteiger partial charge in [0.15, 0.2) is 0 Å². The highest BCUT2D eigenvalue weighted by Gasteiger charge is 2.46. The summed E-state index contributed by atoms with van der Waals surface area (Å²) < 4.78 is 13.1. The Morgan fingerprint density at radius 2 is 1.79 bits per heavy atom. The Kier molecular flexibility index (Phi) is 4.92. The SMILES string of the molecule is CNC(=O)C[C@H]1CC2(CCN(C(=O)c3ccc(F)cc3)CC2)c2ccccc21. The molecule has 2 aliphatic rings. The van der Waals surface area contributed by atoms with Gasteiger partial charge in [0.2, 0.25) is 5.91 Å². The first-order valence-corrected chi connectivity index (χ1v) is 9.87. The number of benzene rings is 2. The minimum absolute atomic E-state index is 0.0366. The van der Waals surface area contributed by atoms with Crippen LogP contribution in [0.2, 0.25) is 0 Å². The fourth-order valence-corrected chi connectivity index (χ4v) is 4.92. The van der Waals surface area contributed by atoms with Crippen LogP contribution in [-0.4, -0.2) is 36.9 Å². The molecule has 1 spiro atoms. The quantitative estimate of drug-likeness (QED) is 0.884. The van der Waals surface area contributed by atoms with Gasteiger partial charge in [-0.1, -0.05) is 24.3 Å². The van der Waals surface area contributed by atoms with Crippen LogP contribution in [0, 0.1) is 5.82 Å². The molecule has 1 heterocycles. The molecule has 0 bridgehead atoms. The van der Waals surface area contributed by atoms with E-state index in [1.165, 1.54) is 23.3 Å². The van der Waals surface area contributed by atoms with Crippen LogP contribution >= 0.6 is 0 Å². The van der Waals surface area contributed by atoms with Crippen LogP contribution in [0.25, 0.3) is 0 Å². The number of likely N-dealkylation sites (tertiary alicyclic amines) is 1. The van der Waals surface area contributed by atoms with E-state index in [9.17, 15) is 14.0 Å². The summed E-state index contributed by atoms with van der Waals surface area (Å²) >= 11 is 0. The summed E-state index contributed by atoms with van der Waals surface area (Å²) in [5, 5.41) is 2.74. The van der Waals surface area contributed by atoms with Crippen molar-refractivity contribution in [3.8, 4) is 0 Å². The summed E-state index contributed by atoms with van der Waals surface area (Å²) in [5.74, 6) is -0.0711. The maximum absolute atomic E-state index is 13.1. The van der Waals surface area contributed by atoms with Crippen molar-refractivity contribution >= 4 is 11.8 Å². The highest BCUT2D eigenvalue weighted by atomic mass is 19.1. The molecule has 146 valence electrons. The van der Waals surface area contributed by atoms with Crippen LogP contribution in [0.4, 0.5) is 4.39 Å². The normalized spacial score (nSPS) is 20.1. The molecule has 4 nitrogen and oxygen atoms in total. The zero-order valence-electron chi connectivity index (χ0n) is 16.1. The number of rotatable bonds is 3. The van der Waals surface area contributed by atoms with Gasteiger partial charge in [-0.3, -0.25) is 9.59 Å². The van der Waals surface area contributed by atoms with E-state index in [-0.39, 0.29) is 29.0 Å². The van der Waals surface area contributed by atoms with Gasteiger partial charge >= 0.3 is 0 Å². The first-order chi connectivity index (χ1) is 13.5. The Morgan fingerprint density at radius 3 is 2.46 bits per heavy atom. The van der Waals surface area contributed by atoms with Crippen LogP contribution in [0.5, 0.6) is 0 Å². The maximum atomic E-state index is 13.1. The van der Waals surface area contributed by atoms with Crippen LogP contribution < -0.4 is 5.32 Å². The van der Waals surface area contributed by atoms with Crippen molar-refractivity contribution in [1.82, 2.24) is 10.2 Å². The molecule has 0 radical (unpaired) electrons. The summed E-state index contributed by atoms with van der Waals surface area (Å²) in [4.78, 5) is 26.6. The number of hydrogen-bond donors (Lipinski definition) is 1. The lowest BCUT2D eigenvalue weighted by atomic mass is 9.73. The van der Waals surface area contributed by atoms with Crippen molar-refractivity contribution in [3.63, 3.8) is 0 Å². The molecule has 2 amide bonds. The molecular formula is C23H25FN2O2. The van der Waals surface area contributed by atoms with E-state index in [1.54, 1.807) is 19.2 Å². The summed E-state index contributed by atoms with van der Waals surface area (Å²) in [5.41, 5.74) is 3.19. The Labute approximate surface area is 164 Å². The molecule has 1 N–H and O–H groups in total. The Bertz CT molecular complexity index is 886. The molecule has 28 heavy (non-hydrogen) atoms. The number of carbonyl (C=O) groups is 2. The molecule has 0 unspecified atom stereocenters. The topological polar surface area (TPSA) is 49.4 Å². The number of nitrogens with zero attached hydrogens (tertiary/aromatic N) is 1. The molecule has 1 saturated heterocycles. The molecule has 2 aromatic rings. The average Bonchev–Trinajstić information content (AvgIpc) is 3.02. The highest BCUT2D eigenvalue weighted by molar-refractivity contribution is 5.94. The number of amides is 2. The van der Waals surface area contributed by atoms with Gasteiger partial charge in [-0.15, -0.1) is 0 Å². The third-order valence-electron chi connectivity index (χ3n) is 6.42. The van der Waals surface area contributed by atoms with Gasteiger partial charge in [0, 0.05) is 32.1 Å². The van der Waals surface area contributed by atoms with E-state index in [4.69, 9.17) is 0 Å². The van der Waals surface area contributed by atoms with Gasteiger partial charge in [-0.25, -0.2) is 4.39 Å². The van der Waals surface area contributed by atoms with Crippen molar-refractivity contribution in [3.05, 3.63) is 71.0 Å². The Morgan fingerprint density at radius 1 is 1.11 bits per heavy atom. The second kappa shape index (κ2) is 7.38. The van der Waals surface area contributed by atoms with E-state index in [0.29, 0.717) is 25.1 Å². The third kappa shape index (κ3) is 3.30. The minimum atomic E-state index is -0.334. The lowest BCUT2D eigenvalue weighted by Gasteiger charge is -2.40. The fourth-order valence-electron chi connectivity index (χ4n) is 4.92. The van der Waals surface area contributed by atoms with Crippen LogP contribution in [0.3, 0.4) is 0 Å². The molecule has 1 aliphatic heterocycles. The Hall–Kier alpha value is -2.69. The predicted octanol–water partition coefficient (Wildman–Crippen LogP) is 3.62. The second-order valence-corrected chi connectivity index (χ2v) is 7.95. The van der Waals surface area contributed by atoms with E-state index >= 15 is 0 Å². The maximum Gasteiger partial charge on any atom is 0.253 e. The Balaban J connectivity index is 1.51. The predicted molar refractivity (Wildman–Crippen MR) is 106 cm³/mol. The third-order valence-corrected chi connectivity index (χ3v) is 6.42. The van der Waals surface area contributed by atoms with Gasteiger partial charge in [-0.2, -0.15) is 0 Å². The van der Waals surface area contributed by atoms with Crippen molar-refractivity contribution in [2.75, 3.05) is 20.1 Å². The lowest BCUT2D eigenvalue weighted by molar-refractivity contribution is -0.121. The number of nitrogens with one attached hydrogen (secondary N) is 1. The first kappa shape index (κ1) is 18.7.